The summed E-state index contributed by atoms with van der Waals surface area (Å²) in [5, 5.41) is 5.60. The lowest BCUT2D eigenvalue weighted by atomic mass is 9.95. The van der Waals surface area contributed by atoms with Crippen molar-refractivity contribution >= 4 is 43.1 Å². The normalized spacial score (nSPS) is 11.4. The Morgan fingerprint density at radius 1 is 0.463 bits per heavy atom. The highest BCUT2D eigenvalue weighted by molar-refractivity contribution is 7.21. The van der Waals surface area contributed by atoms with Gasteiger partial charge in [-0.2, -0.15) is 0 Å². The average Bonchev–Trinajstić information content (AvgIpc) is 3.50. The molecule has 0 saturated carbocycles. The van der Waals surface area contributed by atoms with Gasteiger partial charge in [0.05, 0.1) is 21.6 Å². The molecule has 3 nitrogen and oxygen atoms in total. The first-order valence-corrected chi connectivity index (χ1v) is 14.4. The Hall–Kier alpha value is -5.19. The van der Waals surface area contributed by atoms with E-state index in [-0.39, 0.29) is 0 Å². The number of rotatable bonds is 4. The van der Waals surface area contributed by atoms with Crippen LogP contribution in [0.3, 0.4) is 0 Å². The highest BCUT2D eigenvalue weighted by Gasteiger charge is 2.18. The summed E-state index contributed by atoms with van der Waals surface area (Å²) in [6.45, 7) is 0. The van der Waals surface area contributed by atoms with Gasteiger partial charge in [-0.3, -0.25) is 0 Å². The quantitative estimate of drug-likeness (QED) is 0.208. The van der Waals surface area contributed by atoms with Gasteiger partial charge in [0.15, 0.2) is 5.82 Å². The molecule has 0 N–H and O–H groups in total. The van der Waals surface area contributed by atoms with Crippen molar-refractivity contribution < 1.29 is 0 Å². The molecule has 0 unspecified atom stereocenters. The number of thiazole rings is 1. The largest absolute Gasteiger partial charge is 0.235 e. The van der Waals surface area contributed by atoms with Crippen LogP contribution in [0.1, 0.15) is 0 Å². The molecule has 41 heavy (non-hydrogen) atoms. The minimum Gasteiger partial charge on any atom is -0.235 e. The fraction of sp³-hybridized carbons (Fsp3) is 0. The maximum absolute atomic E-state index is 5.20. The molecule has 0 atom stereocenters. The number of hydrogen-bond donors (Lipinski definition) is 0. The van der Waals surface area contributed by atoms with Gasteiger partial charge in [0, 0.05) is 27.6 Å². The monoisotopic (exact) mass is 541 g/mol. The van der Waals surface area contributed by atoms with Crippen molar-refractivity contribution in [2.24, 2.45) is 0 Å². The van der Waals surface area contributed by atoms with E-state index in [1.165, 1.54) is 10.1 Å². The molecule has 0 amide bonds. The topological polar surface area (TPSA) is 38.7 Å². The minimum atomic E-state index is 0.707. The van der Waals surface area contributed by atoms with Gasteiger partial charge < -0.3 is 0 Å². The Labute approximate surface area is 241 Å². The lowest BCUT2D eigenvalue weighted by Crippen LogP contribution is -1.97. The third-order valence-corrected chi connectivity index (χ3v) is 8.58. The molecule has 0 fully saturated rings. The van der Waals surface area contributed by atoms with Gasteiger partial charge in [-0.15, -0.1) is 11.3 Å². The molecule has 0 aliphatic carbocycles. The molecule has 6 aromatic carbocycles. The highest BCUT2D eigenvalue weighted by Crippen LogP contribution is 2.41. The summed E-state index contributed by atoms with van der Waals surface area (Å²) in [5.41, 5.74) is 7.08. The Kier molecular flexibility index (Phi) is 5.64. The Bertz CT molecular complexity index is 2130. The van der Waals surface area contributed by atoms with Crippen molar-refractivity contribution in [1.29, 1.82) is 0 Å². The summed E-state index contributed by atoms with van der Waals surface area (Å²) in [6, 6.07) is 48.4. The number of aromatic nitrogens is 3. The second-order valence-electron chi connectivity index (χ2n) is 10.1. The number of fused-ring (bicyclic) bond motifs is 5. The molecule has 2 aromatic heterocycles. The van der Waals surface area contributed by atoms with Crippen molar-refractivity contribution in [3.63, 3.8) is 0 Å². The first-order chi connectivity index (χ1) is 20.3. The molecule has 0 aliphatic heterocycles. The molecule has 0 radical (unpaired) electrons. The van der Waals surface area contributed by atoms with E-state index in [1.54, 1.807) is 11.3 Å². The van der Waals surface area contributed by atoms with Crippen LogP contribution < -0.4 is 0 Å². The third kappa shape index (κ3) is 4.17. The van der Waals surface area contributed by atoms with Gasteiger partial charge in [0.1, 0.15) is 5.01 Å². The molecule has 192 valence electrons. The van der Waals surface area contributed by atoms with Gasteiger partial charge >= 0.3 is 0 Å². The molecule has 0 saturated heterocycles. The predicted octanol–water partition coefficient (Wildman–Crippen LogP) is 10.1. The summed E-state index contributed by atoms with van der Waals surface area (Å²) in [6.07, 6.45) is 0. The Balaban J connectivity index is 1.44. The van der Waals surface area contributed by atoms with Crippen LogP contribution >= 0.6 is 11.3 Å². The summed E-state index contributed by atoms with van der Waals surface area (Å²) in [7, 11) is 0. The molecule has 8 rings (SSSR count). The number of hydrogen-bond acceptors (Lipinski definition) is 4. The van der Waals surface area contributed by atoms with Crippen LogP contribution in [-0.2, 0) is 0 Å². The average molecular weight is 542 g/mol. The Morgan fingerprint density at radius 3 is 1.71 bits per heavy atom. The van der Waals surface area contributed by atoms with E-state index in [9.17, 15) is 0 Å². The molecule has 0 bridgehead atoms. The van der Waals surface area contributed by atoms with Crippen molar-refractivity contribution in [2.45, 2.75) is 0 Å². The lowest BCUT2D eigenvalue weighted by molar-refractivity contribution is 1.19. The lowest BCUT2D eigenvalue weighted by Gasteiger charge is -2.13. The summed E-state index contributed by atoms with van der Waals surface area (Å²) in [5.74, 6) is 0.707. The fourth-order valence-corrected chi connectivity index (χ4v) is 6.52. The van der Waals surface area contributed by atoms with E-state index >= 15 is 0 Å². The fourth-order valence-electron chi connectivity index (χ4n) is 5.55. The van der Waals surface area contributed by atoms with E-state index in [1.807, 2.05) is 42.5 Å². The first-order valence-electron chi connectivity index (χ1n) is 13.6. The minimum absolute atomic E-state index is 0.707. The van der Waals surface area contributed by atoms with Crippen LogP contribution in [0.25, 0.3) is 76.2 Å². The summed E-state index contributed by atoms with van der Waals surface area (Å²) < 4.78 is 1.17. The Morgan fingerprint density at radius 2 is 1.05 bits per heavy atom. The van der Waals surface area contributed by atoms with Crippen LogP contribution in [0.4, 0.5) is 0 Å². The van der Waals surface area contributed by atoms with Gasteiger partial charge in [0.25, 0.3) is 0 Å². The first kappa shape index (κ1) is 23.7. The van der Waals surface area contributed by atoms with Crippen LogP contribution in [-0.4, -0.2) is 15.0 Å². The predicted molar refractivity (Wildman–Crippen MR) is 172 cm³/mol. The van der Waals surface area contributed by atoms with E-state index in [0.29, 0.717) is 5.82 Å². The SMILES string of the molecule is c1ccc(-c2cc(-c3ccccc3)nc(-c3cc4ccccc4c4c3ccc3sc(-c5ccccc5)nc34)n2)cc1. The molecular formula is C37H23N3S. The zero-order valence-electron chi connectivity index (χ0n) is 22.0. The van der Waals surface area contributed by atoms with Crippen LogP contribution in [0.15, 0.2) is 140 Å². The zero-order chi connectivity index (χ0) is 27.2. The maximum Gasteiger partial charge on any atom is 0.161 e. The standard InChI is InChI=1S/C37H23N3S/c1-4-12-24(13-5-1)31-23-32(25-14-6-2-7-15-25)39-36(38-31)30-22-27-18-10-11-19-28(27)34-29(30)20-21-33-35(34)40-37(41-33)26-16-8-3-9-17-26/h1-23H. The van der Waals surface area contributed by atoms with Crippen LogP contribution in [0.5, 0.6) is 0 Å². The van der Waals surface area contributed by atoms with Crippen molar-refractivity contribution in [2.75, 3.05) is 0 Å². The van der Waals surface area contributed by atoms with Gasteiger partial charge in [-0.05, 0) is 34.4 Å². The van der Waals surface area contributed by atoms with Gasteiger partial charge in [-0.1, -0.05) is 121 Å². The number of benzene rings is 6. The van der Waals surface area contributed by atoms with Crippen LogP contribution in [0.2, 0.25) is 0 Å². The number of nitrogens with zero attached hydrogens (tertiary/aromatic N) is 3. The van der Waals surface area contributed by atoms with Gasteiger partial charge in [0.2, 0.25) is 0 Å². The van der Waals surface area contributed by atoms with Crippen molar-refractivity contribution in [3.8, 4) is 44.5 Å². The molecule has 2 heterocycles. The smallest absolute Gasteiger partial charge is 0.161 e. The zero-order valence-corrected chi connectivity index (χ0v) is 22.8. The van der Waals surface area contributed by atoms with E-state index in [2.05, 4.69) is 97.1 Å². The highest BCUT2D eigenvalue weighted by atomic mass is 32.1. The molecule has 4 heteroatoms. The molecule has 8 aromatic rings. The van der Waals surface area contributed by atoms with Crippen LogP contribution in [0, 0.1) is 0 Å². The maximum atomic E-state index is 5.20. The van der Waals surface area contributed by atoms with Crippen molar-refractivity contribution in [3.05, 3.63) is 140 Å². The van der Waals surface area contributed by atoms with E-state index < -0.39 is 0 Å². The van der Waals surface area contributed by atoms with E-state index in [0.717, 1.165) is 60.3 Å². The molecular weight excluding hydrogens is 518 g/mol. The summed E-state index contributed by atoms with van der Waals surface area (Å²) >= 11 is 1.73. The third-order valence-electron chi connectivity index (χ3n) is 7.51. The van der Waals surface area contributed by atoms with E-state index in [4.69, 9.17) is 15.0 Å². The second kappa shape index (κ2) is 9.77. The molecule has 0 aliphatic rings. The summed E-state index contributed by atoms with van der Waals surface area (Å²) in [4.78, 5) is 15.5. The van der Waals surface area contributed by atoms with Gasteiger partial charge in [-0.25, -0.2) is 15.0 Å². The second-order valence-corrected chi connectivity index (χ2v) is 11.1. The van der Waals surface area contributed by atoms with Crippen molar-refractivity contribution in [1.82, 2.24) is 15.0 Å². The molecule has 0 spiro atoms.